The molecule has 1 N–H and O–H groups in total. The van der Waals surface area contributed by atoms with Crippen molar-refractivity contribution in [2.24, 2.45) is 0 Å². The number of hydrogen-bond acceptors (Lipinski definition) is 4. The van der Waals surface area contributed by atoms with Crippen molar-refractivity contribution in [1.82, 2.24) is 14.8 Å². The molecule has 1 aromatic heterocycles. The van der Waals surface area contributed by atoms with Crippen molar-refractivity contribution in [2.75, 3.05) is 11.6 Å². The van der Waals surface area contributed by atoms with Crippen molar-refractivity contribution >= 4 is 17.4 Å². The zero-order valence-electron chi connectivity index (χ0n) is 13.6. The molecule has 3 aromatic rings. The van der Waals surface area contributed by atoms with E-state index in [0.717, 1.165) is 22.4 Å². The summed E-state index contributed by atoms with van der Waals surface area (Å²) in [5.74, 6) is 0.903. The molecule has 1 heterocycles. The number of rotatable bonds is 5. The van der Waals surface area contributed by atoms with Gasteiger partial charge in [-0.25, -0.2) is 0 Å². The number of nitrogens with zero attached hydrogens (tertiary/aromatic N) is 3. The van der Waals surface area contributed by atoms with Crippen LogP contribution in [0.4, 0.5) is 5.69 Å². The molecule has 0 saturated carbocycles. The SMILES string of the molecule is CSc1nnc(CNc2ccc(C)cc2C)n1-c1ccccc1. The minimum absolute atomic E-state index is 0.631. The van der Waals surface area contributed by atoms with Crippen molar-refractivity contribution in [1.29, 1.82) is 0 Å². The summed E-state index contributed by atoms with van der Waals surface area (Å²) in [4.78, 5) is 0. The molecular formula is C18H20N4S. The molecule has 0 amide bonds. The molecule has 0 aliphatic carbocycles. The minimum atomic E-state index is 0.631. The zero-order valence-corrected chi connectivity index (χ0v) is 14.4. The van der Waals surface area contributed by atoms with Crippen molar-refractivity contribution in [2.45, 2.75) is 25.5 Å². The minimum Gasteiger partial charge on any atom is -0.378 e. The Morgan fingerprint density at radius 3 is 2.52 bits per heavy atom. The summed E-state index contributed by atoms with van der Waals surface area (Å²) in [6.45, 7) is 4.85. The van der Waals surface area contributed by atoms with Crippen LogP contribution >= 0.6 is 11.8 Å². The van der Waals surface area contributed by atoms with Gasteiger partial charge >= 0.3 is 0 Å². The van der Waals surface area contributed by atoms with E-state index in [1.165, 1.54) is 11.1 Å². The Bertz CT molecular complexity index is 796. The highest BCUT2D eigenvalue weighted by molar-refractivity contribution is 7.98. The van der Waals surface area contributed by atoms with Gasteiger partial charge in [0.25, 0.3) is 0 Å². The van der Waals surface area contributed by atoms with Crippen LogP contribution in [0.1, 0.15) is 17.0 Å². The van der Waals surface area contributed by atoms with Crippen LogP contribution in [-0.4, -0.2) is 21.0 Å². The van der Waals surface area contributed by atoms with Gasteiger partial charge in [-0.2, -0.15) is 0 Å². The summed E-state index contributed by atoms with van der Waals surface area (Å²) in [5, 5.41) is 13.0. The smallest absolute Gasteiger partial charge is 0.195 e. The molecule has 0 spiro atoms. The molecule has 0 atom stereocenters. The second-order valence-corrected chi connectivity index (χ2v) is 6.22. The molecule has 0 radical (unpaired) electrons. The lowest BCUT2D eigenvalue weighted by Gasteiger charge is -2.12. The van der Waals surface area contributed by atoms with E-state index in [9.17, 15) is 0 Å². The third-order valence-electron chi connectivity index (χ3n) is 3.72. The molecule has 0 aliphatic heterocycles. The number of nitrogens with one attached hydrogen (secondary N) is 1. The molecule has 3 rings (SSSR count). The van der Waals surface area contributed by atoms with Gasteiger partial charge < -0.3 is 5.32 Å². The third-order valence-corrected chi connectivity index (χ3v) is 4.35. The Kier molecular flexibility index (Phi) is 4.67. The standard InChI is InChI=1S/C18H20N4S/c1-13-9-10-16(14(2)11-13)19-12-17-20-21-18(23-3)22(17)15-7-5-4-6-8-15/h4-11,19H,12H2,1-3H3. The number of thioether (sulfide) groups is 1. The Hall–Kier alpha value is -2.27. The lowest BCUT2D eigenvalue weighted by atomic mass is 10.1. The second-order valence-electron chi connectivity index (χ2n) is 5.45. The lowest BCUT2D eigenvalue weighted by Crippen LogP contribution is -2.09. The van der Waals surface area contributed by atoms with Crippen LogP contribution in [0, 0.1) is 13.8 Å². The van der Waals surface area contributed by atoms with Crippen molar-refractivity contribution in [3.05, 3.63) is 65.5 Å². The van der Waals surface area contributed by atoms with Crippen LogP contribution in [0.3, 0.4) is 0 Å². The van der Waals surface area contributed by atoms with E-state index in [-0.39, 0.29) is 0 Å². The molecule has 23 heavy (non-hydrogen) atoms. The molecule has 0 unspecified atom stereocenters. The first-order valence-electron chi connectivity index (χ1n) is 7.54. The predicted molar refractivity (Wildman–Crippen MR) is 96.4 cm³/mol. The third kappa shape index (κ3) is 3.40. The Labute approximate surface area is 141 Å². The van der Waals surface area contributed by atoms with Gasteiger partial charge in [-0.3, -0.25) is 4.57 Å². The second kappa shape index (κ2) is 6.87. The van der Waals surface area contributed by atoms with E-state index in [2.05, 4.69) is 64.3 Å². The van der Waals surface area contributed by atoms with E-state index < -0.39 is 0 Å². The maximum absolute atomic E-state index is 4.36. The van der Waals surface area contributed by atoms with Crippen LogP contribution in [0.25, 0.3) is 5.69 Å². The van der Waals surface area contributed by atoms with Crippen molar-refractivity contribution in [3.8, 4) is 5.69 Å². The highest BCUT2D eigenvalue weighted by Crippen LogP contribution is 2.21. The van der Waals surface area contributed by atoms with Gasteiger partial charge in [0, 0.05) is 11.4 Å². The normalized spacial score (nSPS) is 10.7. The fourth-order valence-electron chi connectivity index (χ4n) is 2.57. The highest BCUT2D eigenvalue weighted by atomic mass is 32.2. The van der Waals surface area contributed by atoms with Gasteiger partial charge in [0.15, 0.2) is 11.0 Å². The summed E-state index contributed by atoms with van der Waals surface area (Å²) in [5.41, 5.74) is 4.72. The number of para-hydroxylation sites is 1. The fraction of sp³-hybridized carbons (Fsp3) is 0.222. The van der Waals surface area contributed by atoms with Gasteiger partial charge in [0.1, 0.15) is 0 Å². The first-order chi connectivity index (χ1) is 11.2. The summed E-state index contributed by atoms with van der Waals surface area (Å²) in [6.07, 6.45) is 2.02. The first kappa shape index (κ1) is 15.6. The summed E-state index contributed by atoms with van der Waals surface area (Å²) >= 11 is 1.60. The summed E-state index contributed by atoms with van der Waals surface area (Å²) < 4.78 is 2.10. The Morgan fingerprint density at radius 2 is 1.83 bits per heavy atom. The summed E-state index contributed by atoms with van der Waals surface area (Å²) in [6, 6.07) is 16.6. The largest absolute Gasteiger partial charge is 0.378 e. The van der Waals surface area contributed by atoms with Crippen LogP contribution in [0.2, 0.25) is 0 Å². The van der Waals surface area contributed by atoms with Crippen molar-refractivity contribution in [3.63, 3.8) is 0 Å². The predicted octanol–water partition coefficient (Wildman–Crippen LogP) is 4.22. The number of aromatic nitrogens is 3. The molecule has 0 aliphatic rings. The van der Waals surface area contributed by atoms with E-state index in [1.807, 2.05) is 24.5 Å². The van der Waals surface area contributed by atoms with Crippen LogP contribution in [-0.2, 0) is 6.54 Å². The molecule has 0 fully saturated rings. The summed E-state index contributed by atoms with van der Waals surface area (Å²) in [7, 11) is 0. The van der Waals surface area contributed by atoms with Gasteiger partial charge in [-0.1, -0.05) is 47.7 Å². The number of anilines is 1. The topological polar surface area (TPSA) is 42.7 Å². The molecule has 0 saturated heterocycles. The number of hydrogen-bond donors (Lipinski definition) is 1. The highest BCUT2D eigenvalue weighted by Gasteiger charge is 2.13. The average Bonchev–Trinajstić information content (AvgIpc) is 2.98. The molecule has 5 heteroatoms. The number of aryl methyl sites for hydroxylation is 2. The van der Waals surface area contributed by atoms with E-state index in [0.29, 0.717) is 6.54 Å². The van der Waals surface area contributed by atoms with Crippen LogP contribution in [0.5, 0.6) is 0 Å². The maximum atomic E-state index is 4.36. The van der Waals surface area contributed by atoms with E-state index in [4.69, 9.17) is 0 Å². The molecule has 0 bridgehead atoms. The molecular weight excluding hydrogens is 304 g/mol. The van der Waals surface area contributed by atoms with E-state index in [1.54, 1.807) is 11.8 Å². The quantitative estimate of drug-likeness (QED) is 0.714. The van der Waals surface area contributed by atoms with Gasteiger partial charge in [-0.15, -0.1) is 10.2 Å². The van der Waals surface area contributed by atoms with Crippen molar-refractivity contribution < 1.29 is 0 Å². The fourth-order valence-corrected chi connectivity index (χ4v) is 3.09. The molecule has 118 valence electrons. The Morgan fingerprint density at radius 1 is 1.04 bits per heavy atom. The van der Waals surface area contributed by atoms with Gasteiger partial charge in [0.2, 0.25) is 0 Å². The Balaban J connectivity index is 1.87. The van der Waals surface area contributed by atoms with Crippen LogP contribution < -0.4 is 5.32 Å². The first-order valence-corrected chi connectivity index (χ1v) is 8.76. The van der Waals surface area contributed by atoms with Gasteiger partial charge in [-0.05, 0) is 43.9 Å². The average molecular weight is 324 g/mol. The molecule has 4 nitrogen and oxygen atoms in total. The zero-order chi connectivity index (χ0) is 16.2. The van der Waals surface area contributed by atoms with Gasteiger partial charge in [0.05, 0.1) is 6.54 Å². The monoisotopic (exact) mass is 324 g/mol. The maximum Gasteiger partial charge on any atom is 0.195 e. The lowest BCUT2D eigenvalue weighted by molar-refractivity contribution is 0.842. The molecule has 2 aromatic carbocycles. The number of benzene rings is 2. The van der Waals surface area contributed by atoms with Crippen LogP contribution in [0.15, 0.2) is 53.7 Å². The van der Waals surface area contributed by atoms with E-state index >= 15 is 0 Å².